The van der Waals surface area contributed by atoms with Gasteiger partial charge in [-0.1, -0.05) is 11.6 Å². The molecule has 0 atom stereocenters. The molecular weight excluding hydrogens is 318 g/mol. The van der Waals surface area contributed by atoms with E-state index in [-0.39, 0.29) is 10.7 Å². The van der Waals surface area contributed by atoms with Crippen LogP contribution in [-0.4, -0.2) is 31.7 Å². The Morgan fingerprint density at radius 3 is 2.60 bits per heavy atom. The zero-order valence-corrected chi connectivity index (χ0v) is 13.2. The molecule has 8 heteroatoms. The summed E-state index contributed by atoms with van der Waals surface area (Å²) in [6, 6.07) is 4.65. The van der Waals surface area contributed by atoms with Crippen LogP contribution in [0.15, 0.2) is 46.6 Å². The van der Waals surface area contributed by atoms with Gasteiger partial charge >= 0.3 is 0 Å². The number of sulfonamides is 1. The highest BCUT2D eigenvalue weighted by Gasteiger charge is 2.23. The zero-order valence-electron chi connectivity index (χ0n) is 10.8. The van der Waals surface area contributed by atoms with Gasteiger partial charge in [0.15, 0.2) is 5.82 Å². The van der Waals surface area contributed by atoms with E-state index < -0.39 is 10.0 Å². The van der Waals surface area contributed by atoms with E-state index in [0.717, 1.165) is 9.20 Å². The van der Waals surface area contributed by atoms with E-state index in [1.165, 1.54) is 49.5 Å². The van der Waals surface area contributed by atoms with Gasteiger partial charge < -0.3 is 0 Å². The topological polar surface area (TPSA) is 63.2 Å². The van der Waals surface area contributed by atoms with Crippen molar-refractivity contribution in [2.45, 2.75) is 9.79 Å². The maximum Gasteiger partial charge on any atom is 0.265 e. The van der Waals surface area contributed by atoms with Crippen molar-refractivity contribution in [2.24, 2.45) is 0 Å². The molecule has 5 nitrogen and oxygen atoms in total. The Hall–Kier alpha value is -1.31. The summed E-state index contributed by atoms with van der Waals surface area (Å²) in [6.45, 7) is 0. The fourth-order valence-electron chi connectivity index (χ4n) is 1.54. The van der Waals surface area contributed by atoms with Crippen LogP contribution in [0.25, 0.3) is 0 Å². The Bertz CT molecular complexity index is 708. The summed E-state index contributed by atoms with van der Waals surface area (Å²) in [5, 5.41) is 0.408. The number of hydrogen-bond donors (Lipinski definition) is 0. The third-order valence-electron chi connectivity index (χ3n) is 2.65. The smallest absolute Gasteiger partial charge is 0.259 e. The van der Waals surface area contributed by atoms with Crippen molar-refractivity contribution in [3.63, 3.8) is 0 Å². The van der Waals surface area contributed by atoms with Gasteiger partial charge in [0, 0.05) is 24.3 Å². The van der Waals surface area contributed by atoms with Crippen LogP contribution in [0.1, 0.15) is 0 Å². The first-order chi connectivity index (χ1) is 9.46. The third kappa shape index (κ3) is 2.89. The summed E-state index contributed by atoms with van der Waals surface area (Å²) in [5.41, 5.74) is 0. The second-order valence-corrected chi connectivity index (χ2v) is 7.06. The molecule has 0 saturated heterocycles. The molecular formula is C12H12ClN3O2S2. The van der Waals surface area contributed by atoms with Gasteiger partial charge in [0.2, 0.25) is 0 Å². The van der Waals surface area contributed by atoms with E-state index in [2.05, 4.69) is 9.97 Å². The molecule has 1 aromatic heterocycles. The van der Waals surface area contributed by atoms with Crippen molar-refractivity contribution in [3.8, 4) is 0 Å². The summed E-state index contributed by atoms with van der Waals surface area (Å²) < 4.78 is 26.0. The second kappa shape index (κ2) is 5.99. The predicted molar refractivity (Wildman–Crippen MR) is 80.9 cm³/mol. The molecule has 2 aromatic rings. The lowest BCUT2D eigenvalue weighted by Crippen LogP contribution is -2.27. The third-order valence-corrected chi connectivity index (χ3v) is 5.63. The van der Waals surface area contributed by atoms with Gasteiger partial charge in [-0.15, -0.1) is 11.8 Å². The lowest BCUT2D eigenvalue weighted by Gasteiger charge is -2.18. The minimum atomic E-state index is -3.70. The van der Waals surface area contributed by atoms with E-state index in [4.69, 9.17) is 11.6 Å². The van der Waals surface area contributed by atoms with Crippen LogP contribution in [-0.2, 0) is 10.0 Å². The largest absolute Gasteiger partial charge is 0.265 e. The standard InChI is InChI=1S/C12H12ClN3O2S2/c1-16(12-8-14-5-6-15-12)20(17,18)9-3-4-11(19-2)10(13)7-9/h3-8H,1-2H3. The average Bonchev–Trinajstić information content (AvgIpc) is 2.47. The summed E-state index contributed by atoms with van der Waals surface area (Å²) in [7, 11) is -2.28. The quantitative estimate of drug-likeness (QED) is 0.807. The number of halogens is 1. The number of anilines is 1. The van der Waals surface area contributed by atoms with Crippen LogP contribution in [0.4, 0.5) is 5.82 Å². The monoisotopic (exact) mass is 329 g/mol. The Balaban J connectivity index is 2.43. The molecule has 0 saturated carbocycles. The predicted octanol–water partition coefficient (Wildman–Crippen LogP) is 2.68. The van der Waals surface area contributed by atoms with E-state index >= 15 is 0 Å². The molecule has 0 bridgehead atoms. The van der Waals surface area contributed by atoms with Gasteiger partial charge in [-0.2, -0.15) is 0 Å². The fourth-order valence-corrected chi connectivity index (χ4v) is 3.64. The van der Waals surface area contributed by atoms with E-state index in [9.17, 15) is 8.42 Å². The number of benzene rings is 1. The number of thioether (sulfide) groups is 1. The zero-order chi connectivity index (χ0) is 14.8. The number of hydrogen-bond acceptors (Lipinski definition) is 5. The van der Waals surface area contributed by atoms with Crippen LogP contribution < -0.4 is 4.31 Å². The van der Waals surface area contributed by atoms with Gasteiger partial charge in [0.1, 0.15) is 0 Å². The Labute approximate surface area is 127 Å². The Morgan fingerprint density at radius 2 is 2.05 bits per heavy atom. The molecule has 0 amide bonds. The first-order valence-corrected chi connectivity index (χ1v) is 8.59. The van der Waals surface area contributed by atoms with Crippen LogP contribution in [0.5, 0.6) is 0 Å². The number of aromatic nitrogens is 2. The van der Waals surface area contributed by atoms with Crippen molar-refractivity contribution in [1.82, 2.24) is 9.97 Å². The molecule has 20 heavy (non-hydrogen) atoms. The Morgan fingerprint density at radius 1 is 1.30 bits per heavy atom. The number of nitrogens with zero attached hydrogens (tertiary/aromatic N) is 3. The minimum Gasteiger partial charge on any atom is -0.259 e. The summed E-state index contributed by atoms with van der Waals surface area (Å²) in [4.78, 5) is 8.78. The van der Waals surface area contributed by atoms with Crippen molar-refractivity contribution >= 4 is 39.2 Å². The SMILES string of the molecule is CSc1ccc(S(=O)(=O)N(C)c2cnccn2)cc1Cl. The van der Waals surface area contributed by atoms with E-state index in [1.807, 2.05) is 6.26 Å². The molecule has 2 rings (SSSR count). The lowest BCUT2D eigenvalue weighted by molar-refractivity contribution is 0.594. The summed E-state index contributed by atoms with van der Waals surface area (Å²) in [6.07, 6.45) is 6.18. The molecule has 0 fully saturated rings. The van der Waals surface area contributed by atoms with Crippen molar-refractivity contribution in [1.29, 1.82) is 0 Å². The Kier molecular flexibility index (Phi) is 4.52. The van der Waals surface area contributed by atoms with Gasteiger partial charge in [-0.3, -0.25) is 9.29 Å². The normalized spacial score (nSPS) is 11.3. The maximum absolute atomic E-state index is 12.5. The summed E-state index contributed by atoms with van der Waals surface area (Å²) in [5.74, 6) is 0.248. The molecule has 0 radical (unpaired) electrons. The minimum absolute atomic E-state index is 0.119. The molecule has 1 heterocycles. The average molecular weight is 330 g/mol. The highest BCUT2D eigenvalue weighted by molar-refractivity contribution is 7.98. The van der Waals surface area contributed by atoms with E-state index in [1.54, 1.807) is 6.07 Å². The van der Waals surface area contributed by atoms with Gasteiger partial charge in [0.25, 0.3) is 10.0 Å². The molecule has 0 aliphatic heterocycles. The molecule has 0 unspecified atom stereocenters. The molecule has 1 aromatic carbocycles. The van der Waals surface area contributed by atoms with Crippen molar-refractivity contribution < 1.29 is 8.42 Å². The second-order valence-electron chi connectivity index (χ2n) is 3.83. The first-order valence-electron chi connectivity index (χ1n) is 5.55. The number of rotatable bonds is 4. The van der Waals surface area contributed by atoms with Crippen molar-refractivity contribution in [3.05, 3.63) is 41.8 Å². The van der Waals surface area contributed by atoms with Crippen LogP contribution in [0.3, 0.4) is 0 Å². The highest BCUT2D eigenvalue weighted by atomic mass is 35.5. The molecule has 0 spiro atoms. The lowest BCUT2D eigenvalue weighted by atomic mass is 10.4. The maximum atomic E-state index is 12.5. The van der Waals surface area contributed by atoms with Crippen LogP contribution >= 0.6 is 23.4 Å². The summed E-state index contributed by atoms with van der Waals surface area (Å²) >= 11 is 7.51. The van der Waals surface area contributed by atoms with Gasteiger partial charge in [-0.05, 0) is 24.5 Å². The fraction of sp³-hybridized carbons (Fsp3) is 0.167. The van der Waals surface area contributed by atoms with E-state index in [0.29, 0.717) is 5.02 Å². The highest BCUT2D eigenvalue weighted by Crippen LogP contribution is 2.29. The first kappa shape index (κ1) is 15.1. The molecule has 106 valence electrons. The molecule has 0 aliphatic rings. The molecule has 0 aliphatic carbocycles. The van der Waals surface area contributed by atoms with Crippen LogP contribution in [0.2, 0.25) is 5.02 Å². The van der Waals surface area contributed by atoms with Gasteiger partial charge in [0.05, 0.1) is 16.1 Å². The van der Waals surface area contributed by atoms with Crippen molar-refractivity contribution in [2.75, 3.05) is 17.6 Å². The van der Waals surface area contributed by atoms with Gasteiger partial charge in [-0.25, -0.2) is 13.4 Å². The van der Waals surface area contributed by atoms with Crippen LogP contribution in [0, 0.1) is 0 Å². The molecule has 0 N–H and O–H groups in total.